The second kappa shape index (κ2) is 7.18. The van der Waals surface area contributed by atoms with Crippen LogP contribution in [0.2, 0.25) is 0 Å². The number of fused-ring (bicyclic) bond motifs is 3. The average Bonchev–Trinajstić information content (AvgIpc) is 3.05. The second-order valence-electron chi connectivity index (χ2n) is 7.92. The maximum Gasteiger partial charge on any atom is 0.255 e. The van der Waals surface area contributed by atoms with Crippen LogP contribution in [-0.4, -0.2) is 22.8 Å². The van der Waals surface area contributed by atoms with Gasteiger partial charge in [0.15, 0.2) is 0 Å². The van der Waals surface area contributed by atoms with Crippen LogP contribution in [0.3, 0.4) is 0 Å². The number of benzene rings is 2. The summed E-state index contributed by atoms with van der Waals surface area (Å²) in [7, 11) is 3.77. The van der Waals surface area contributed by atoms with Crippen molar-refractivity contribution in [3.8, 4) is 22.6 Å². The number of rotatable bonds is 3. The standard InChI is InChI=1S/C25H25N3O2/c1-16-12-19(30-3)5-7-20(16)17-9-11-28(25(29)13-17)18-4-6-21-22-8-10-26-15-24(22)27(2)23(21)14-18/h4-7,9,11-14,26H,8,10,15H2,1-3H3. The first-order valence-corrected chi connectivity index (χ1v) is 10.3. The SMILES string of the molecule is COc1ccc(-c2ccn(-c3ccc4c5c(n(C)c4c3)CNCC5)c(=O)c2)c(C)c1. The van der Waals surface area contributed by atoms with Gasteiger partial charge in [0, 0.05) is 36.9 Å². The number of hydrogen-bond acceptors (Lipinski definition) is 3. The van der Waals surface area contributed by atoms with E-state index in [9.17, 15) is 4.79 Å². The third kappa shape index (κ3) is 2.94. The number of hydrogen-bond donors (Lipinski definition) is 1. The molecule has 1 N–H and O–H groups in total. The zero-order valence-electron chi connectivity index (χ0n) is 17.5. The minimum atomic E-state index is -0.0392. The number of aromatic nitrogens is 2. The van der Waals surface area contributed by atoms with E-state index in [1.165, 1.54) is 22.2 Å². The van der Waals surface area contributed by atoms with Gasteiger partial charge in [0.2, 0.25) is 0 Å². The van der Waals surface area contributed by atoms with Gasteiger partial charge in [-0.15, -0.1) is 0 Å². The molecule has 5 heteroatoms. The van der Waals surface area contributed by atoms with E-state index < -0.39 is 0 Å². The average molecular weight is 399 g/mol. The number of aryl methyl sites for hydroxylation is 2. The Morgan fingerprint density at radius 1 is 1.07 bits per heavy atom. The summed E-state index contributed by atoms with van der Waals surface area (Å²) < 4.78 is 9.25. The van der Waals surface area contributed by atoms with Gasteiger partial charge >= 0.3 is 0 Å². The van der Waals surface area contributed by atoms with Crippen molar-refractivity contribution in [1.29, 1.82) is 0 Å². The lowest BCUT2D eigenvalue weighted by Crippen LogP contribution is -2.24. The van der Waals surface area contributed by atoms with Crippen molar-refractivity contribution in [2.45, 2.75) is 19.9 Å². The largest absolute Gasteiger partial charge is 0.497 e. The van der Waals surface area contributed by atoms with Crippen molar-refractivity contribution in [2.75, 3.05) is 13.7 Å². The smallest absolute Gasteiger partial charge is 0.255 e. The van der Waals surface area contributed by atoms with Gasteiger partial charge < -0.3 is 14.6 Å². The fraction of sp³-hybridized carbons (Fsp3) is 0.240. The van der Waals surface area contributed by atoms with E-state index in [1.807, 2.05) is 43.5 Å². The molecule has 0 atom stereocenters. The van der Waals surface area contributed by atoms with E-state index in [-0.39, 0.29) is 5.56 Å². The monoisotopic (exact) mass is 399 g/mol. The van der Waals surface area contributed by atoms with E-state index in [0.717, 1.165) is 47.6 Å². The van der Waals surface area contributed by atoms with Crippen molar-refractivity contribution >= 4 is 10.9 Å². The molecule has 5 rings (SSSR count). The molecular weight excluding hydrogens is 374 g/mol. The van der Waals surface area contributed by atoms with Crippen molar-refractivity contribution in [2.24, 2.45) is 7.05 Å². The predicted octanol–water partition coefficient (Wildman–Crippen LogP) is 3.96. The summed E-state index contributed by atoms with van der Waals surface area (Å²) in [6.07, 6.45) is 2.91. The number of nitrogens with zero attached hydrogens (tertiary/aromatic N) is 2. The number of pyridine rings is 1. The van der Waals surface area contributed by atoms with Crippen LogP contribution in [0.15, 0.2) is 59.5 Å². The van der Waals surface area contributed by atoms with Crippen molar-refractivity contribution in [3.63, 3.8) is 0 Å². The second-order valence-corrected chi connectivity index (χ2v) is 7.92. The molecule has 4 aromatic rings. The van der Waals surface area contributed by atoms with Crippen molar-refractivity contribution in [1.82, 2.24) is 14.5 Å². The Balaban J connectivity index is 1.57. The molecule has 0 fully saturated rings. The van der Waals surface area contributed by atoms with Gasteiger partial charge in [-0.05, 0) is 72.5 Å². The van der Waals surface area contributed by atoms with Crippen LogP contribution in [0.4, 0.5) is 0 Å². The van der Waals surface area contributed by atoms with Gasteiger partial charge in [-0.25, -0.2) is 0 Å². The fourth-order valence-electron chi connectivity index (χ4n) is 4.58. The maximum atomic E-state index is 13.0. The highest BCUT2D eigenvalue weighted by Crippen LogP contribution is 2.30. The molecule has 30 heavy (non-hydrogen) atoms. The molecule has 0 bridgehead atoms. The molecule has 2 aromatic heterocycles. The Hall–Kier alpha value is -3.31. The lowest BCUT2D eigenvalue weighted by molar-refractivity contribution is 0.414. The summed E-state index contributed by atoms with van der Waals surface area (Å²) in [5.41, 5.74) is 7.82. The van der Waals surface area contributed by atoms with E-state index >= 15 is 0 Å². The molecule has 0 radical (unpaired) electrons. The zero-order chi connectivity index (χ0) is 20.8. The first-order valence-electron chi connectivity index (χ1n) is 10.3. The van der Waals surface area contributed by atoms with E-state index in [0.29, 0.717) is 0 Å². The number of methoxy groups -OCH3 is 1. The molecule has 0 spiro atoms. The first kappa shape index (κ1) is 18.7. The molecule has 0 amide bonds. The minimum absolute atomic E-state index is 0.0392. The van der Waals surface area contributed by atoms with Crippen LogP contribution >= 0.6 is 0 Å². The molecule has 0 unspecified atom stereocenters. The van der Waals surface area contributed by atoms with Gasteiger partial charge in [-0.1, -0.05) is 12.1 Å². The Kier molecular flexibility index (Phi) is 4.48. The highest BCUT2D eigenvalue weighted by atomic mass is 16.5. The Labute approximate surface area is 175 Å². The van der Waals surface area contributed by atoms with Gasteiger partial charge in [-0.3, -0.25) is 9.36 Å². The van der Waals surface area contributed by atoms with Crippen molar-refractivity contribution in [3.05, 3.63) is 81.9 Å². The van der Waals surface area contributed by atoms with Crippen LogP contribution in [0, 0.1) is 6.92 Å². The molecule has 0 saturated carbocycles. The van der Waals surface area contributed by atoms with Crippen LogP contribution in [0.1, 0.15) is 16.8 Å². The lowest BCUT2D eigenvalue weighted by Gasteiger charge is -2.14. The van der Waals surface area contributed by atoms with Gasteiger partial charge in [0.05, 0.1) is 18.3 Å². The Morgan fingerprint density at radius 3 is 2.70 bits per heavy atom. The zero-order valence-corrected chi connectivity index (χ0v) is 17.5. The van der Waals surface area contributed by atoms with E-state index in [4.69, 9.17) is 4.74 Å². The first-order chi connectivity index (χ1) is 14.6. The fourth-order valence-corrected chi connectivity index (χ4v) is 4.58. The normalized spacial score (nSPS) is 13.4. The number of nitrogens with one attached hydrogen (secondary N) is 1. The molecule has 2 aromatic carbocycles. The topological polar surface area (TPSA) is 48.2 Å². The van der Waals surface area contributed by atoms with Gasteiger partial charge in [0.25, 0.3) is 5.56 Å². The van der Waals surface area contributed by atoms with Crippen molar-refractivity contribution < 1.29 is 4.74 Å². The van der Waals surface area contributed by atoms with Crippen LogP contribution in [0.25, 0.3) is 27.7 Å². The van der Waals surface area contributed by atoms with Gasteiger partial charge in [-0.2, -0.15) is 0 Å². The summed E-state index contributed by atoms with van der Waals surface area (Å²) in [4.78, 5) is 13.0. The summed E-state index contributed by atoms with van der Waals surface area (Å²) in [6.45, 7) is 3.94. The van der Waals surface area contributed by atoms with Crippen LogP contribution in [0.5, 0.6) is 5.75 Å². The molecule has 5 nitrogen and oxygen atoms in total. The Morgan fingerprint density at radius 2 is 1.93 bits per heavy atom. The van der Waals surface area contributed by atoms with Crippen LogP contribution in [-0.2, 0) is 20.0 Å². The molecule has 1 aliphatic rings. The predicted molar refractivity (Wildman–Crippen MR) is 121 cm³/mol. The van der Waals surface area contributed by atoms with Crippen LogP contribution < -0.4 is 15.6 Å². The summed E-state index contributed by atoms with van der Waals surface area (Å²) in [6, 6.07) is 15.9. The number of ether oxygens (including phenoxy) is 1. The third-order valence-electron chi connectivity index (χ3n) is 6.21. The molecule has 152 valence electrons. The van der Waals surface area contributed by atoms with Gasteiger partial charge in [0.1, 0.15) is 5.75 Å². The minimum Gasteiger partial charge on any atom is -0.497 e. The summed E-state index contributed by atoms with van der Waals surface area (Å²) in [5, 5.41) is 4.74. The molecular formula is C25H25N3O2. The molecule has 0 saturated heterocycles. The third-order valence-corrected chi connectivity index (χ3v) is 6.21. The molecule has 1 aliphatic heterocycles. The summed E-state index contributed by atoms with van der Waals surface area (Å²) >= 11 is 0. The van der Waals surface area contributed by atoms with E-state index in [2.05, 4.69) is 29.1 Å². The van der Waals surface area contributed by atoms with E-state index in [1.54, 1.807) is 17.7 Å². The quantitative estimate of drug-likeness (QED) is 0.567. The highest BCUT2D eigenvalue weighted by Gasteiger charge is 2.18. The molecule has 0 aliphatic carbocycles. The molecule has 3 heterocycles. The summed E-state index contributed by atoms with van der Waals surface area (Å²) in [5.74, 6) is 0.818. The Bertz CT molecular complexity index is 1330. The maximum absolute atomic E-state index is 13.0. The highest BCUT2D eigenvalue weighted by molar-refractivity contribution is 5.87. The lowest BCUT2D eigenvalue weighted by atomic mass is 10.0.